The van der Waals surface area contributed by atoms with Gasteiger partial charge < -0.3 is 15.4 Å². The van der Waals surface area contributed by atoms with E-state index in [9.17, 15) is 8.42 Å². The minimum atomic E-state index is -2.90. The van der Waals surface area contributed by atoms with Gasteiger partial charge in [0.1, 0.15) is 12.4 Å². The second-order valence-corrected chi connectivity index (χ2v) is 8.30. The number of nitrogens with zero attached hydrogens (tertiary/aromatic N) is 1. The van der Waals surface area contributed by atoms with Crippen molar-refractivity contribution < 1.29 is 13.2 Å². The van der Waals surface area contributed by atoms with E-state index < -0.39 is 9.84 Å². The minimum absolute atomic E-state index is 0.0739. The van der Waals surface area contributed by atoms with Gasteiger partial charge in [-0.2, -0.15) is 0 Å². The van der Waals surface area contributed by atoms with Gasteiger partial charge >= 0.3 is 0 Å². The molecule has 1 aliphatic heterocycles. The van der Waals surface area contributed by atoms with Gasteiger partial charge in [0.2, 0.25) is 0 Å². The van der Waals surface area contributed by atoms with Crippen LogP contribution in [0.4, 0.5) is 0 Å². The molecule has 0 amide bonds. The quantitative estimate of drug-likeness (QED) is 0.480. The van der Waals surface area contributed by atoms with E-state index in [2.05, 4.69) is 27.8 Å². The van der Waals surface area contributed by atoms with Crippen LogP contribution in [0.15, 0.2) is 47.5 Å². The van der Waals surface area contributed by atoms with Crippen molar-refractivity contribution in [3.8, 4) is 5.75 Å². The normalized spacial score (nSPS) is 19.7. The van der Waals surface area contributed by atoms with Crippen LogP contribution in [-0.4, -0.2) is 52.1 Å². The van der Waals surface area contributed by atoms with Crippen LogP contribution in [0.5, 0.6) is 5.75 Å². The summed E-state index contributed by atoms with van der Waals surface area (Å²) in [6, 6.07) is 14.0. The summed E-state index contributed by atoms with van der Waals surface area (Å²) in [5, 5.41) is 8.55. The van der Waals surface area contributed by atoms with E-state index >= 15 is 0 Å². The van der Waals surface area contributed by atoms with E-state index in [1.165, 1.54) is 0 Å². The maximum absolute atomic E-state index is 11.5. The fourth-order valence-corrected chi connectivity index (χ4v) is 4.62. The number of sulfone groups is 1. The average Bonchev–Trinajstić information content (AvgIpc) is 2.96. The van der Waals surface area contributed by atoms with Crippen molar-refractivity contribution in [3.05, 3.63) is 42.5 Å². The molecule has 25 heavy (non-hydrogen) atoms. The number of hydrogen-bond donors (Lipinski definition) is 2. The summed E-state index contributed by atoms with van der Waals surface area (Å²) in [7, 11) is -1.23. The molecule has 2 aromatic rings. The SMILES string of the molecule is CN=C(NCCOc1cccc2ccccc12)NC1CCS(=O)(=O)C1. The number of rotatable bonds is 5. The molecule has 0 radical (unpaired) electrons. The lowest BCUT2D eigenvalue weighted by Gasteiger charge is -2.16. The number of nitrogens with one attached hydrogen (secondary N) is 2. The Labute approximate surface area is 148 Å². The van der Waals surface area contributed by atoms with E-state index in [0.717, 1.165) is 16.5 Å². The van der Waals surface area contributed by atoms with Gasteiger partial charge in [0, 0.05) is 18.5 Å². The van der Waals surface area contributed by atoms with Crippen LogP contribution in [0.1, 0.15) is 6.42 Å². The number of ether oxygens (including phenoxy) is 1. The largest absolute Gasteiger partial charge is 0.491 e. The molecule has 0 bridgehead atoms. The third kappa shape index (κ3) is 4.63. The fourth-order valence-electron chi connectivity index (χ4n) is 2.95. The van der Waals surface area contributed by atoms with Gasteiger partial charge in [-0.05, 0) is 17.9 Å². The molecule has 0 spiro atoms. The van der Waals surface area contributed by atoms with Crippen LogP contribution in [0, 0.1) is 0 Å². The summed E-state index contributed by atoms with van der Waals surface area (Å²) in [5.41, 5.74) is 0. The highest BCUT2D eigenvalue weighted by atomic mass is 32.2. The van der Waals surface area contributed by atoms with Gasteiger partial charge in [-0.25, -0.2) is 8.42 Å². The van der Waals surface area contributed by atoms with Crippen molar-refractivity contribution in [2.75, 3.05) is 31.7 Å². The Bertz CT molecular complexity index is 860. The second kappa shape index (κ2) is 7.74. The second-order valence-electron chi connectivity index (χ2n) is 6.07. The van der Waals surface area contributed by atoms with Gasteiger partial charge in [-0.3, -0.25) is 4.99 Å². The van der Waals surface area contributed by atoms with Crippen molar-refractivity contribution in [1.82, 2.24) is 10.6 Å². The van der Waals surface area contributed by atoms with Gasteiger partial charge in [-0.1, -0.05) is 36.4 Å². The number of benzene rings is 2. The van der Waals surface area contributed by atoms with Gasteiger partial charge in [0.25, 0.3) is 0 Å². The molecule has 134 valence electrons. The number of aliphatic imine (C=N–C) groups is 1. The predicted octanol–water partition coefficient (Wildman–Crippen LogP) is 1.57. The molecule has 0 aromatic heterocycles. The molecule has 7 heteroatoms. The van der Waals surface area contributed by atoms with Crippen molar-refractivity contribution in [2.24, 2.45) is 4.99 Å². The minimum Gasteiger partial charge on any atom is -0.491 e. The topological polar surface area (TPSA) is 79.8 Å². The van der Waals surface area contributed by atoms with E-state index in [-0.39, 0.29) is 17.5 Å². The summed E-state index contributed by atoms with van der Waals surface area (Å²) in [6.45, 7) is 1.06. The Hall–Kier alpha value is -2.28. The first-order chi connectivity index (χ1) is 12.1. The Morgan fingerprint density at radius 1 is 1.24 bits per heavy atom. The zero-order valence-corrected chi connectivity index (χ0v) is 15.1. The maximum atomic E-state index is 11.5. The lowest BCUT2D eigenvalue weighted by atomic mass is 10.1. The van der Waals surface area contributed by atoms with E-state index in [1.54, 1.807) is 7.05 Å². The first-order valence-corrected chi connectivity index (χ1v) is 10.2. The Morgan fingerprint density at radius 2 is 2.04 bits per heavy atom. The molecular formula is C18H23N3O3S. The van der Waals surface area contributed by atoms with Crippen LogP contribution in [0.3, 0.4) is 0 Å². The molecule has 0 aliphatic carbocycles. The van der Waals surface area contributed by atoms with Crippen LogP contribution in [0.25, 0.3) is 10.8 Å². The summed E-state index contributed by atoms with van der Waals surface area (Å²) in [4.78, 5) is 4.14. The molecule has 0 saturated carbocycles. The highest BCUT2D eigenvalue weighted by Gasteiger charge is 2.28. The van der Waals surface area contributed by atoms with Gasteiger partial charge in [-0.15, -0.1) is 0 Å². The molecule has 2 N–H and O–H groups in total. The van der Waals surface area contributed by atoms with Crippen LogP contribution < -0.4 is 15.4 Å². The lowest BCUT2D eigenvalue weighted by Crippen LogP contribution is -2.45. The van der Waals surface area contributed by atoms with E-state index in [4.69, 9.17) is 4.74 Å². The zero-order chi connectivity index (χ0) is 17.7. The van der Waals surface area contributed by atoms with Crippen LogP contribution >= 0.6 is 0 Å². The highest BCUT2D eigenvalue weighted by Crippen LogP contribution is 2.24. The monoisotopic (exact) mass is 361 g/mol. The lowest BCUT2D eigenvalue weighted by molar-refractivity contribution is 0.325. The molecule has 1 heterocycles. The molecule has 1 atom stereocenters. The molecule has 1 fully saturated rings. The molecule has 1 unspecified atom stereocenters. The van der Waals surface area contributed by atoms with Crippen LogP contribution in [0.2, 0.25) is 0 Å². The van der Waals surface area contributed by atoms with Crippen molar-refractivity contribution in [2.45, 2.75) is 12.5 Å². The Morgan fingerprint density at radius 3 is 2.80 bits per heavy atom. The summed E-state index contributed by atoms with van der Waals surface area (Å²) >= 11 is 0. The molecular weight excluding hydrogens is 338 g/mol. The van der Waals surface area contributed by atoms with Crippen molar-refractivity contribution in [3.63, 3.8) is 0 Å². The smallest absolute Gasteiger partial charge is 0.191 e. The Kier molecular flexibility index (Phi) is 5.43. The predicted molar refractivity (Wildman–Crippen MR) is 101 cm³/mol. The zero-order valence-electron chi connectivity index (χ0n) is 14.2. The fraction of sp³-hybridized carbons (Fsp3) is 0.389. The summed E-state index contributed by atoms with van der Waals surface area (Å²) < 4.78 is 28.9. The third-order valence-corrected chi connectivity index (χ3v) is 5.97. The number of guanidine groups is 1. The molecule has 1 saturated heterocycles. The Balaban J connectivity index is 1.48. The third-order valence-electron chi connectivity index (χ3n) is 4.20. The summed E-state index contributed by atoms with van der Waals surface area (Å²) in [6.07, 6.45) is 0.621. The van der Waals surface area contributed by atoms with Crippen molar-refractivity contribution in [1.29, 1.82) is 0 Å². The van der Waals surface area contributed by atoms with Gasteiger partial charge in [0.15, 0.2) is 15.8 Å². The molecule has 3 rings (SSSR count). The summed E-state index contributed by atoms with van der Waals surface area (Å²) in [5.74, 6) is 1.86. The first kappa shape index (κ1) is 17.5. The van der Waals surface area contributed by atoms with E-state index in [0.29, 0.717) is 25.5 Å². The maximum Gasteiger partial charge on any atom is 0.191 e. The standard InChI is InChI=1S/C18H23N3O3S/c1-19-18(21-15-9-12-25(22,23)13-15)20-10-11-24-17-8-4-6-14-5-2-3-7-16(14)17/h2-8,15H,9-13H2,1H3,(H2,19,20,21). The van der Waals surface area contributed by atoms with Crippen molar-refractivity contribution >= 4 is 26.6 Å². The van der Waals surface area contributed by atoms with Crippen LogP contribution in [-0.2, 0) is 9.84 Å². The number of hydrogen-bond acceptors (Lipinski definition) is 4. The molecule has 6 nitrogen and oxygen atoms in total. The van der Waals surface area contributed by atoms with Gasteiger partial charge in [0.05, 0.1) is 18.1 Å². The first-order valence-electron chi connectivity index (χ1n) is 8.35. The molecule has 2 aromatic carbocycles. The van der Waals surface area contributed by atoms with E-state index in [1.807, 2.05) is 30.3 Å². The molecule has 1 aliphatic rings. The average molecular weight is 361 g/mol. The highest BCUT2D eigenvalue weighted by molar-refractivity contribution is 7.91. The number of fused-ring (bicyclic) bond motifs is 1.